The fourth-order valence-corrected chi connectivity index (χ4v) is 3.96. The number of hydrogen-bond acceptors (Lipinski definition) is 7. The van der Waals surface area contributed by atoms with Crippen molar-refractivity contribution in [3.63, 3.8) is 0 Å². The molecule has 1 N–H and O–H groups in total. The van der Waals surface area contributed by atoms with Crippen molar-refractivity contribution in [3.8, 4) is 34.3 Å². The molecule has 0 saturated heterocycles. The molecule has 0 aliphatic rings. The molecule has 7 nitrogen and oxygen atoms in total. The number of aromatic hydroxyl groups is 1. The first kappa shape index (κ1) is 20.9. The van der Waals surface area contributed by atoms with Gasteiger partial charge >= 0.3 is 0 Å². The molecule has 1 heterocycles. The van der Waals surface area contributed by atoms with E-state index in [9.17, 15) is 5.11 Å². The van der Waals surface area contributed by atoms with Crippen molar-refractivity contribution in [1.82, 2.24) is 4.68 Å². The van der Waals surface area contributed by atoms with Crippen LogP contribution in [0.4, 0.5) is 0 Å². The molecule has 0 fully saturated rings. The highest BCUT2D eigenvalue weighted by molar-refractivity contribution is 9.10. The summed E-state index contributed by atoms with van der Waals surface area (Å²) in [6.45, 7) is 0. The van der Waals surface area contributed by atoms with E-state index in [0.717, 1.165) is 21.6 Å². The number of nitrogens with zero attached hydrogens (tertiary/aromatic N) is 3. The van der Waals surface area contributed by atoms with Gasteiger partial charge in [0, 0.05) is 24.1 Å². The molecule has 2 aromatic carbocycles. The number of thiazole rings is 1. The van der Waals surface area contributed by atoms with E-state index in [0.29, 0.717) is 21.7 Å². The molecule has 0 aliphatic carbocycles. The summed E-state index contributed by atoms with van der Waals surface area (Å²) in [5.41, 5.74) is 2.44. The van der Waals surface area contributed by atoms with E-state index in [-0.39, 0.29) is 5.75 Å². The fraction of sp³-hybridized carbons (Fsp3) is 0.200. The third-order valence-corrected chi connectivity index (χ3v) is 5.67. The Kier molecular flexibility index (Phi) is 6.60. The maximum absolute atomic E-state index is 9.99. The molecule has 29 heavy (non-hydrogen) atoms. The van der Waals surface area contributed by atoms with Crippen LogP contribution in [0.1, 0.15) is 5.56 Å². The molecular formula is C20H20BrN3O4S. The van der Waals surface area contributed by atoms with Crippen molar-refractivity contribution in [2.24, 2.45) is 10.1 Å². The molecule has 0 unspecified atom stereocenters. The normalized spacial score (nSPS) is 11.8. The van der Waals surface area contributed by atoms with Crippen LogP contribution in [0.2, 0.25) is 0 Å². The number of benzene rings is 2. The van der Waals surface area contributed by atoms with Gasteiger partial charge in [-0.2, -0.15) is 5.10 Å². The molecule has 0 radical (unpaired) electrons. The van der Waals surface area contributed by atoms with Crippen LogP contribution in [0, 0.1) is 0 Å². The van der Waals surface area contributed by atoms with Crippen LogP contribution in [0.5, 0.6) is 23.0 Å². The summed E-state index contributed by atoms with van der Waals surface area (Å²) in [7, 11) is 6.44. The minimum absolute atomic E-state index is 0.0424. The Labute approximate surface area is 180 Å². The molecule has 0 atom stereocenters. The van der Waals surface area contributed by atoms with Gasteiger partial charge in [0.25, 0.3) is 0 Å². The molecule has 0 bridgehead atoms. The van der Waals surface area contributed by atoms with E-state index in [1.165, 1.54) is 18.4 Å². The Morgan fingerprint density at radius 1 is 1.07 bits per heavy atom. The Hall–Kier alpha value is -2.78. The lowest BCUT2D eigenvalue weighted by Crippen LogP contribution is -2.11. The first-order valence-corrected chi connectivity index (χ1v) is 10.2. The van der Waals surface area contributed by atoms with Gasteiger partial charge in [-0.25, -0.2) is 4.68 Å². The summed E-state index contributed by atoms with van der Waals surface area (Å²) < 4.78 is 18.3. The average molecular weight is 478 g/mol. The quantitative estimate of drug-likeness (QED) is 0.541. The number of phenolic OH excluding ortho intramolecular Hbond substituents is 1. The van der Waals surface area contributed by atoms with Crippen molar-refractivity contribution in [2.45, 2.75) is 0 Å². The summed E-state index contributed by atoms with van der Waals surface area (Å²) in [6, 6.07) is 9.07. The topological polar surface area (TPSA) is 77.6 Å². The number of rotatable bonds is 6. The SMILES string of the molecule is CN=c1scc(-c2ccc(OC)cc2OC)n1N=Cc1cc(Br)c(O)c(OC)c1. The van der Waals surface area contributed by atoms with E-state index >= 15 is 0 Å². The van der Waals surface area contributed by atoms with Crippen LogP contribution in [-0.2, 0) is 0 Å². The molecule has 0 amide bonds. The Morgan fingerprint density at radius 3 is 2.48 bits per heavy atom. The van der Waals surface area contributed by atoms with Gasteiger partial charge in [0.2, 0.25) is 4.80 Å². The zero-order valence-electron chi connectivity index (χ0n) is 16.3. The van der Waals surface area contributed by atoms with Crippen LogP contribution in [0.25, 0.3) is 11.3 Å². The first-order chi connectivity index (χ1) is 14.0. The molecule has 0 aliphatic heterocycles. The molecule has 0 spiro atoms. The Bertz CT molecular complexity index is 1120. The summed E-state index contributed by atoms with van der Waals surface area (Å²) >= 11 is 4.80. The lowest BCUT2D eigenvalue weighted by molar-refractivity contribution is 0.372. The van der Waals surface area contributed by atoms with Gasteiger partial charge in [-0.3, -0.25) is 4.99 Å². The number of aromatic nitrogens is 1. The number of hydrogen-bond donors (Lipinski definition) is 1. The summed E-state index contributed by atoms with van der Waals surface area (Å²) in [5, 5.41) is 16.6. The summed E-state index contributed by atoms with van der Waals surface area (Å²) in [4.78, 5) is 5.03. The third kappa shape index (κ3) is 4.30. The fourth-order valence-electron chi connectivity index (χ4n) is 2.71. The van der Waals surface area contributed by atoms with Gasteiger partial charge in [0.1, 0.15) is 11.5 Å². The van der Waals surface area contributed by atoms with E-state index in [4.69, 9.17) is 14.2 Å². The molecule has 3 aromatic rings. The van der Waals surface area contributed by atoms with E-state index in [1.54, 1.807) is 44.3 Å². The zero-order valence-corrected chi connectivity index (χ0v) is 18.7. The number of methoxy groups -OCH3 is 3. The van der Waals surface area contributed by atoms with Gasteiger partial charge < -0.3 is 19.3 Å². The van der Waals surface area contributed by atoms with Crippen LogP contribution < -0.4 is 19.0 Å². The van der Waals surface area contributed by atoms with Gasteiger partial charge in [-0.1, -0.05) is 0 Å². The van der Waals surface area contributed by atoms with Crippen LogP contribution >= 0.6 is 27.3 Å². The van der Waals surface area contributed by atoms with Crippen molar-refractivity contribution in [1.29, 1.82) is 0 Å². The minimum atomic E-state index is 0.0424. The largest absolute Gasteiger partial charge is 0.503 e. The number of halogens is 1. The average Bonchev–Trinajstić information content (AvgIpc) is 3.16. The second kappa shape index (κ2) is 9.15. The first-order valence-electron chi connectivity index (χ1n) is 8.49. The second-order valence-electron chi connectivity index (χ2n) is 5.80. The number of ether oxygens (including phenoxy) is 3. The highest BCUT2D eigenvalue weighted by atomic mass is 79.9. The van der Waals surface area contributed by atoms with Crippen LogP contribution in [0.3, 0.4) is 0 Å². The smallest absolute Gasteiger partial charge is 0.205 e. The lowest BCUT2D eigenvalue weighted by Gasteiger charge is -2.11. The number of phenols is 1. The highest BCUT2D eigenvalue weighted by Crippen LogP contribution is 2.35. The molecule has 3 rings (SSSR count). The second-order valence-corrected chi connectivity index (χ2v) is 7.49. The molecule has 9 heteroatoms. The molecular weight excluding hydrogens is 458 g/mol. The third-order valence-electron chi connectivity index (χ3n) is 4.15. The predicted octanol–water partition coefficient (Wildman–Crippen LogP) is 4.12. The standard InChI is InChI=1S/C20H20BrN3O4S/c1-22-20-24(23-10-12-7-15(21)19(25)18(8-12)28-4)16(11-29-20)14-6-5-13(26-2)9-17(14)27-3/h5-11,25H,1-4H3. The minimum Gasteiger partial charge on any atom is -0.503 e. The predicted molar refractivity (Wildman–Crippen MR) is 118 cm³/mol. The zero-order chi connectivity index (χ0) is 21.0. The highest BCUT2D eigenvalue weighted by Gasteiger charge is 2.14. The summed E-state index contributed by atoms with van der Waals surface area (Å²) in [5.74, 6) is 1.77. The van der Waals surface area contributed by atoms with E-state index in [2.05, 4.69) is 26.0 Å². The molecule has 0 saturated carbocycles. The van der Waals surface area contributed by atoms with E-state index in [1.807, 2.05) is 23.6 Å². The van der Waals surface area contributed by atoms with Gasteiger partial charge in [-0.05, 0) is 45.8 Å². The monoisotopic (exact) mass is 477 g/mol. The maximum atomic E-state index is 9.99. The van der Waals surface area contributed by atoms with Crippen molar-refractivity contribution >= 4 is 33.5 Å². The van der Waals surface area contributed by atoms with Crippen molar-refractivity contribution < 1.29 is 19.3 Å². The maximum Gasteiger partial charge on any atom is 0.205 e. The van der Waals surface area contributed by atoms with Gasteiger partial charge in [-0.15, -0.1) is 11.3 Å². The molecule has 1 aromatic heterocycles. The van der Waals surface area contributed by atoms with E-state index < -0.39 is 0 Å². The Morgan fingerprint density at radius 2 is 1.83 bits per heavy atom. The van der Waals surface area contributed by atoms with Crippen LogP contribution in [-0.4, -0.2) is 44.4 Å². The summed E-state index contributed by atoms with van der Waals surface area (Å²) in [6.07, 6.45) is 1.67. The van der Waals surface area contributed by atoms with Crippen molar-refractivity contribution in [3.05, 3.63) is 50.5 Å². The van der Waals surface area contributed by atoms with Crippen LogP contribution in [0.15, 0.2) is 50.3 Å². The lowest BCUT2D eigenvalue weighted by atomic mass is 10.1. The van der Waals surface area contributed by atoms with Gasteiger partial charge in [0.05, 0.1) is 37.7 Å². The Balaban J connectivity index is 2.10. The van der Waals surface area contributed by atoms with Crippen molar-refractivity contribution in [2.75, 3.05) is 28.4 Å². The van der Waals surface area contributed by atoms with Gasteiger partial charge in [0.15, 0.2) is 11.5 Å². The molecule has 152 valence electrons.